The molecule has 0 spiro atoms. The summed E-state index contributed by atoms with van der Waals surface area (Å²) < 4.78 is 18.3. The molecule has 1 saturated heterocycles. The quantitative estimate of drug-likeness (QED) is 0.851. The van der Waals surface area contributed by atoms with Gasteiger partial charge in [-0.2, -0.15) is 0 Å². The van der Waals surface area contributed by atoms with Crippen molar-refractivity contribution >= 4 is 5.82 Å². The Morgan fingerprint density at radius 1 is 1.59 bits per heavy atom. The average Bonchev–Trinajstić information content (AvgIpc) is 2.38. The van der Waals surface area contributed by atoms with E-state index in [4.69, 9.17) is 4.74 Å². The van der Waals surface area contributed by atoms with Gasteiger partial charge in [0.25, 0.3) is 0 Å². The molecule has 1 N–H and O–H groups in total. The SMILES string of the molecule is CCNCC1COCCN1c1ccc(F)cn1. The Balaban J connectivity index is 2.07. The number of anilines is 1. The zero-order chi connectivity index (χ0) is 12.1. The van der Waals surface area contributed by atoms with E-state index >= 15 is 0 Å². The van der Waals surface area contributed by atoms with Crippen LogP contribution in [-0.4, -0.2) is 43.9 Å². The fourth-order valence-electron chi connectivity index (χ4n) is 1.97. The van der Waals surface area contributed by atoms with Gasteiger partial charge in [0.2, 0.25) is 0 Å². The highest BCUT2D eigenvalue weighted by Gasteiger charge is 2.23. The number of ether oxygens (including phenoxy) is 1. The molecular formula is C12H18FN3O. The number of morpholine rings is 1. The van der Waals surface area contributed by atoms with Gasteiger partial charge in [0, 0.05) is 13.1 Å². The molecule has 0 amide bonds. The van der Waals surface area contributed by atoms with Crippen LogP contribution in [0.25, 0.3) is 0 Å². The smallest absolute Gasteiger partial charge is 0.141 e. The summed E-state index contributed by atoms with van der Waals surface area (Å²) >= 11 is 0. The van der Waals surface area contributed by atoms with Crippen molar-refractivity contribution in [2.45, 2.75) is 13.0 Å². The maximum atomic E-state index is 12.8. The lowest BCUT2D eigenvalue weighted by atomic mass is 10.2. The first-order valence-corrected chi connectivity index (χ1v) is 5.98. The minimum absolute atomic E-state index is 0.265. The van der Waals surface area contributed by atoms with Crippen molar-refractivity contribution in [3.05, 3.63) is 24.1 Å². The van der Waals surface area contributed by atoms with E-state index in [-0.39, 0.29) is 11.9 Å². The standard InChI is InChI=1S/C12H18FN3O/c1-2-14-8-11-9-17-6-5-16(11)12-4-3-10(13)7-15-12/h3-4,7,11,14H,2,5-6,8-9H2,1H3. The van der Waals surface area contributed by atoms with Crippen molar-refractivity contribution in [1.82, 2.24) is 10.3 Å². The summed E-state index contributed by atoms with van der Waals surface area (Å²) in [6.45, 7) is 6.04. The number of hydrogen-bond donors (Lipinski definition) is 1. The maximum absolute atomic E-state index is 12.8. The Bertz CT molecular complexity index is 344. The van der Waals surface area contributed by atoms with Crippen LogP contribution in [0.4, 0.5) is 10.2 Å². The van der Waals surface area contributed by atoms with E-state index in [9.17, 15) is 4.39 Å². The molecule has 5 heteroatoms. The van der Waals surface area contributed by atoms with Crippen molar-refractivity contribution in [3.63, 3.8) is 0 Å². The van der Waals surface area contributed by atoms with Crippen LogP contribution in [0, 0.1) is 5.82 Å². The molecule has 0 radical (unpaired) electrons. The van der Waals surface area contributed by atoms with E-state index in [0.717, 1.165) is 25.5 Å². The van der Waals surface area contributed by atoms with Crippen LogP contribution in [0.5, 0.6) is 0 Å². The van der Waals surface area contributed by atoms with E-state index in [1.165, 1.54) is 12.3 Å². The van der Waals surface area contributed by atoms with Crippen LogP contribution in [0.2, 0.25) is 0 Å². The molecule has 0 bridgehead atoms. The molecular weight excluding hydrogens is 221 g/mol. The molecule has 1 aliphatic heterocycles. The van der Waals surface area contributed by atoms with Crippen LogP contribution >= 0.6 is 0 Å². The third-order valence-corrected chi connectivity index (χ3v) is 2.86. The summed E-state index contributed by atoms with van der Waals surface area (Å²) in [7, 11) is 0. The summed E-state index contributed by atoms with van der Waals surface area (Å²) in [5.74, 6) is 0.517. The lowest BCUT2D eigenvalue weighted by Crippen LogP contribution is -2.50. The van der Waals surface area contributed by atoms with E-state index < -0.39 is 0 Å². The highest BCUT2D eigenvalue weighted by molar-refractivity contribution is 5.40. The minimum atomic E-state index is -0.301. The van der Waals surface area contributed by atoms with Gasteiger partial charge in [0.1, 0.15) is 11.6 Å². The summed E-state index contributed by atoms with van der Waals surface area (Å²) in [5, 5.41) is 3.31. The molecule has 1 fully saturated rings. The van der Waals surface area contributed by atoms with Gasteiger partial charge in [-0.25, -0.2) is 9.37 Å². The number of pyridine rings is 1. The molecule has 1 aromatic heterocycles. The molecule has 94 valence electrons. The van der Waals surface area contributed by atoms with Gasteiger partial charge in [-0.05, 0) is 18.7 Å². The number of nitrogens with zero attached hydrogens (tertiary/aromatic N) is 2. The van der Waals surface area contributed by atoms with Gasteiger partial charge >= 0.3 is 0 Å². The summed E-state index contributed by atoms with van der Waals surface area (Å²) in [6.07, 6.45) is 1.26. The second-order valence-electron chi connectivity index (χ2n) is 4.06. The van der Waals surface area contributed by atoms with Crippen LogP contribution in [0.15, 0.2) is 18.3 Å². The molecule has 0 aromatic carbocycles. The molecule has 1 atom stereocenters. The van der Waals surface area contributed by atoms with Crippen molar-refractivity contribution in [2.75, 3.05) is 37.7 Å². The fraction of sp³-hybridized carbons (Fsp3) is 0.583. The third kappa shape index (κ3) is 3.14. The van der Waals surface area contributed by atoms with Gasteiger partial charge in [0.15, 0.2) is 0 Å². The van der Waals surface area contributed by atoms with Crippen molar-refractivity contribution in [1.29, 1.82) is 0 Å². The van der Waals surface area contributed by atoms with Gasteiger partial charge < -0.3 is 15.0 Å². The normalized spacial score (nSPS) is 20.6. The Morgan fingerprint density at radius 2 is 2.47 bits per heavy atom. The molecule has 0 aliphatic carbocycles. The monoisotopic (exact) mass is 239 g/mol. The largest absolute Gasteiger partial charge is 0.377 e. The number of rotatable bonds is 4. The van der Waals surface area contributed by atoms with Gasteiger partial charge in [-0.1, -0.05) is 6.92 Å². The number of likely N-dealkylation sites (N-methyl/N-ethyl adjacent to an activating group) is 1. The van der Waals surface area contributed by atoms with Gasteiger partial charge in [-0.15, -0.1) is 0 Å². The lowest BCUT2D eigenvalue weighted by molar-refractivity contribution is 0.0935. The summed E-state index contributed by atoms with van der Waals surface area (Å²) in [4.78, 5) is 6.30. The van der Waals surface area contributed by atoms with Gasteiger partial charge in [-0.3, -0.25) is 0 Å². The van der Waals surface area contributed by atoms with E-state index in [1.807, 2.05) is 0 Å². The third-order valence-electron chi connectivity index (χ3n) is 2.86. The Morgan fingerprint density at radius 3 is 3.18 bits per heavy atom. The predicted octanol–water partition coefficient (Wildman–Crippen LogP) is 1.04. The average molecular weight is 239 g/mol. The van der Waals surface area contributed by atoms with E-state index in [1.54, 1.807) is 6.07 Å². The Labute approximate surface area is 101 Å². The number of nitrogens with one attached hydrogen (secondary N) is 1. The van der Waals surface area contributed by atoms with Crippen LogP contribution < -0.4 is 10.2 Å². The summed E-state index contributed by atoms with van der Waals surface area (Å²) in [5.41, 5.74) is 0. The zero-order valence-corrected chi connectivity index (χ0v) is 10.0. The molecule has 1 aromatic rings. The van der Waals surface area contributed by atoms with Gasteiger partial charge in [0.05, 0.1) is 25.5 Å². The van der Waals surface area contributed by atoms with E-state index in [0.29, 0.717) is 13.2 Å². The molecule has 2 heterocycles. The number of aromatic nitrogens is 1. The van der Waals surface area contributed by atoms with E-state index in [2.05, 4.69) is 22.1 Å². The molecule has 17 heavy (non-hydrogen) atoms. The molecule has 2 rings (SSSR count). The fourth-order valence-corrected chi connectivity index (χ4v) is 1.97. The molecule has 4 nitrogen and oxygen atoms in total. The Hall–Kier alpha value is -1.20. The second-order valence-corrected chi connectivity index (χ2v) is 4.06. The lowest BCUT2D eigenvalue weighted by Gasteiger charge is -2.36. The highest BCUT2D eigenvalue weighted by atomic mass is 19.1. The second kappa shape index (κ2) is 5.93. The highest BCUT2D eigenvalue weighted by Crippen LogP contribution is 2.16. The van der Waals surface area contributed by atoms with Crippen LogP contribution in [-0.2, 0) is 4.74 Å². The van der Waals surface area contributed by atoms with Crippen LogP contribution in [0.1, 0.15) is 6.92 Å². The number of halogens is 1. The van der Waals surface area contributed by atoms with Crippen molar-refractivity contribution in [3.8, 4) is 0 Å². The first-order chi connectivity index (χ1) is 8.31. The molecule has 0 saturated carbocycles. The maximum Gasteiger partial charge on any atom is 0.141 e. The molecule has 1 unspecified atom stereocenters. The van der Waals surface area contributed by atoms with Crippen molar-refractivity contribution < 1.29 is 9.13 Å². The Kier molecular flexibility index (Phi) is 4.28. The predicted molar refractivity (Wildman–Crippen MR) is 64.7 cm³/mol. The summed E-state index contributed by atoms with van der Waals surface area (Å²) in [6, 6.07) is 3.43. The first kappa shape index (κ1) is 12.3. The zero-order valence-electron chi connectivity index (χ0n) is 10.0. The van der Waals surface area contributed by atoms with Crippen molar-refractivity contribution in [2.24, 2.45) is 0 Å². The van der Waals surface area contributed by atoms with Crippen LogP contribution in [0.3, 0.4) is 0 Å². The topological polar surface area (TPSA) is 37.4 Å². The molecule has 1 aliphatic rings. The first-order valence-electron chi connectivity index (χ1n) is 5.98. The number of hydrogen-bond acceptors (Lipinski definition) is 4. The minimum Gasteiger partial charge on any atom is -0.377 e.